The van der Waals surface area contributed by atoms with E-state index in [-0.39, 0.29) is 17.6 Å². The van der Waals surface area contributed by atoms with Crippen LogP contribution in [0.15, 0.2) is 91.0 Å². The lowest BCUT2D eigenvalue weighted by molar-refractivity contribution is -0.292. The van der Waals surface area contributed by atoms with Crippen LogP contribution in [0.4, 0.5) is 0 Å². The van der Waals surface area contributed by atoms with E-state index in [1.165, 1.54) is 0 Å². The summed E-state index contributed by atoms with van der Waals surface area (Å²) in [4.78, 5) is 13.4. The van der Waals surface area contributed by atoms with Crippen molar-refractivity contribution in [3.05, 3.63) is 108 Å². The van der Waals surface area contributed by atoms with Crippen molar-refractivity contribution in [3.8, 4) is 0 Å². The highest BCUT2D eigenvalue weighted by Crippen LogP contribution is 2.51. The Morgan fingerprint density at radius 3 is 1.79 bits per heavy atom. The number of carbonyl (C=O) groups excluding carboxylic acids is 1. The Balaban J connectivity index is 1.46. The van der Waals surface area contributed by atoms with Crippen LogP contribution in [-0.2, 0) is 48.3 Å². The SMILES string of the molecule is CC(=O)[C@H]1C2C(O[C@H](COCc3ccccc3)[C@H](OCc3ccccc3)[C@@H]2OCc2ccccc2)O[C@]1(C)CC(C)C. The third kappa shape index (κ3) is 7.36. The molecule has 0 amide bonds. The van der Waals surface area contributed by atoms with E-state index < -0.39 is 30.2 Å². The molecule has 3 aromatic carbocycles. The number of hydrogen-bond donors (Lipinski definition) is 0. The summed E-state index contributed by atoms with van der Waals surface area (Å²) in [5, 5.41) is 0. The molecule has 6 nitrogen and oxygen atoms in total. The largest absolute Gasteiger partial charge is 0.374 e. The molecule has 2 aliphatic rings. The minimum Gasteiger partial charge on any atom is -0.374 e. The molecule has 3 aromatic rings. The van der Waals surface area contributed by atoms with Gasteiger partial charge < -0.3 is 23.7 Å². The minimum atomic E-state index is -0.673. The van der Waals surface area contributed by atoms with Crippen molar-refractivity contribution >= 4 is 5.78 Å². The summed E-state index contributed by atoms with van der Waals surface area (Å²) in [5.41, 5.74) is 2.53. The molecule has 5 rings (SSSR count). The number of fused-ring (bicyclic) bond motifs is 1. The van der Waals surface area contributed by atoms with Crippen LogP contribution in [0.5, 0.6) is 0 Å². The van der Waals surface area contributed by atoms with Crippen LogP contribution in [0, 0.1) is 17.8 Å². The van der Waals surface area contributed by atoms with E-state index in [9.17, 15) is 4.79 Å². The maximum Gasteiger partial charge on any atom is 0.165 e. The van der Waals surface area contributed by atoms with Crippen molar-refractivity contribution in [2.24, 2.45) is 17.8 Å². The molecule has 6 heteroatoms. The van der Waals surface area contributed by atoms with Gasteiger partial charge in [0, 0.05) is 0 Å². The van der Waals surface area contributed by atoms with Gasteiger partial charge in [0.15, 0.2) is 6.29 Å². The average molecular weight is 573 g/mol. The summed E-state index contributed by atoms with van der Waals surface area (Å²) >= 11 is 0. The Bertz CT molecular complexity index is 1250. The van der Waals surface area contributed by atoms with Crippen LogP contribution in [0.2, 0.25) is 0 Å². The van der Waals surface area contributed by atoms with Crippen LogP contribution >= 0.6 is 0 Å². The zero-order chi connectivity index (χ0) is 29.5. The lowest BCUT2D eigenvalue weighted by Gasteiger charge is -2.44. The van der Waals surface area contributed by atoms with Gasteiger partial charge in [-0.1, -0.05) is 105 Å². The molecule has 2 saturated heterocycles. The van der Waals surface area contributed by atoms with Gasteiger partial charge in [-0.25, -0.2) is 0 Å². The summed E-state index contributed by atoms with van der Waals surface area (Å²) in [6.45, 7) is 9.57. The number of carbonyl (C=O) groups is 1. The predicted molar refractivity (Wildman–Crippen MR) is 161 cm³/mol. The van der Waals surface area contributed by atoms with E-state index in [1.807, 2.05) is 91.0 Å². The molecule has 0 bridgehead atoms. The number of rotatable bonds is 13. The van der Waals surface area contributed by atoms with Crippen LogP contribution < -0.4 is 0 Å². The van der Waals surface area contributed by atoms with E-state index >= 15 is 0 Å². The van der Waals surface area contributed by atoms with Crippen molar-refractivity contribution in [2.75, 3.05) is 6.61 Å². The topological polar surface area (TPSA) is 63.2 Å². The van der Waals surface area contributed by atoms with E-state index in [0.717, 1.165) is 23.1 Å². The first kappa shape index (κ1) is 30.6. The monoisotopic (exact) mass is 572 g/mol. The van der Waals surface area contributed by atoms with Crippen molar-refractivity contribution in [1.82, 2.24) is 0 Å². The van der Waals surface area contributed by atoms with Crippen molar-refractivity contribution in [3.63, 3.8) is 0 Å². The van der Waals surface area contributed by atoms with Gasteiger partial charge in [-0.05, 0) is 42.9 Å². The number of ketones is 1. The second-order valence-corrected chi connectivity index (χ2v) is 12.3. The summed E-state index contributed by atoms with van der Waals surface area (Å²) in [6, 6.07) is 30.3. The molecule has 224 valence electrons. The fourth-order valence-corrected chi connectivity index (χ4v) is 6.75. The van der Waals surface area contributed by atoms with Crippen LogP contribution in [0.3, 0.4) is 0 Å². The molecule has 2 aliphatic heterocycles. The lowest BCUT2D eigenvalue weighted by atomic mass is 9.71. The lowest BCUT2D eigenvalue weighted by Crippen LogP contribution is -2.58. The molecule has 2 fully saturated rings. The third-order valence-electron chi connectivity index (χ3n) is 8.34. The standard InChI is InChI=1S/C36H44O6/c1-25(2)20-36(4)32(26(3)37)31-34(40-23-29-18-12-7-13-19-29)33(39-22-28-16-10-6-11-17-28)30(41-35(31)42-36)24-38-21-27-14-8-5-9-15-27/h5-19,25,30-35H,20-24H2,1-4H3/t30-,31?,32+,33+,34-,35?,36-/m1/s1. The average Bonchev–Trinajstić information content (AvgIpc) is 3.27. The van der Waals surface area contributed by atoms with Crippen molar-refractivity contribution < 1.29 is 28.5 Å². The van der Waals surface area contributed by atoms with Gasteiger partial charge in [0.25, 0.3) is 0 Å². The Labute approximate surface area is 250 Å². The Morgan fingerprint density at radius 1 is 0.786 bits per heavy atom. The molecule has 0 saturated carbocycles. The van der Waals surface area contributed by atoms with E-state index in [2.05, 4.69) is 20.8 Å². The Kier molecular flexibility index (Phi) is 10.2. The molecule has 2 heterocycles. The highest BCUT2D eigenvalue weighted by atomic mass is 16.7. The van der Waals surface area contributed by atoms with E-state index in [1.54, 1.807) is 6.92 Å². The molecular formula is C36H44O6. The third-order valence-corrected chi connectivity index (χ3v) is 8.34. The molecule has 42 heavy (non-hydrogen) atoms. The number of ether oxygens (including phenoxy) is 5. The minimum absolute atomic E-state index is 0.0862. The van der Waals surface area contributed by atoms with Gasteiger partial charge in [-0.15, -0.1) is 0 Å². The normalized spacial score (nSPS) is 29.0. The fourth-order valence-electron chi connectivity index (χ4n) is 6.75. The van der Waals surface area contributed by atoms with Gasteiger partial charge in [0.2, 0.25) is 0 Å². The molecule has 0 radical (unpaired) electrons. The van der Waals surface area contributed by atoms with Gasteiger partial charge >= 0.3 is 0 Å². The summed E-state index contributed by atoms with van der Waals surface area (Å²) in [6.07, 6.45) is -1.23. The number of hydrogen-bond acceptors (Lipinski definition) is 6. The fraction of sp³-hybridized carbons (Fsp3) is 0.472. The molecule has 7 atom stereocenters. The molecule has 0 aromatic heterocycles. The Hall–Kier alpha value is -2.87. The maximum atomic E-state index is 13.4. The quantitative estimate of drug-likeness (QED) is 0.226. The summed E-state index contributed by atoms with van der Waals surface area (Å²) in [5.74, 6) is -0.278. The maximum absolute atomic E-state index is 13.4. The smallest absolute Gasteiger partial charge is 0.165 e. The molecule has 0 spiro atoms. The van der Waals surface area contributed by atoms with Crippen molar-refractivity contribution in [2.45, 2.75) is 84.1 Å². The van der Waals surface area contributed by atoms with Gasteiger partial charge in [0.1, 0.15) is 18.0 Å². The first-order chi connectivity index (χ1) is 20.3. The van der Waals surface area contributed by atoms with Gasteiger partial charge in [-0.3, -0.25) is 4.79 Å². The van der Waals surface area contributed by atoms with Gasteiger partial charge in [0.05, 0.1) is 50.0 Å². The highest BCUT2D eigenvalue weighted by molar-refractivity contribution is 5.80. The van der Waals surface area contributed by atoms with E-state index in [4.69, 9.17) is 23.7 Å². The van der Waals surface area contributed by atoms with Crippen molar-refractivity contribution in [1.29, 1.82) is 0 Å². The van der Waals surface area contributed by atoms with Crippen LogP contribution in [-0.4, -0.2) is 42.6 Å². The molecule has 0 N–H and O–H groups in total. The first-order valence-electron chi connectivity index (χ1n) is 15.1. The number of Topliss-reactive ketones (excluding diaryl/α,β-unsaturated/α-hetero) is 1. The van der Waals surface area contributed by atoms with Crippen LogP contribution in [0.1, 0.15) is 50.8 Å². The second-order valence-electron chi connectivity index (χ2n) is 12.3. The van der Waals surface area contributed by atoms with Gasteiger partial charge in [-0.2, -0.15) is 0 Å². The second kappa shape index (κ2) is 14.1. The highest BCUT2D eigenvalue weighted by Gasteiger charge is 2.62. The van der Waals surface area contributed by atoms with E-state index in [0.29, 0.717) is 32.3 Å². The van der Waals surface area contributed by atoms with Crippen LogP contribution in [0.25, 0.3) is 0 Å². The number of benzene rings is 3. The predicted octanol–water partition coefficient (Wildman–Crippen LogP) is 6.76. The molecular weight excluding hydrogens is 528 g/mol. The Morgan fingerprint density at radius 2 is 1.29 bits per heavy atom. The zero-order valence-electron chi connectivity index (χ0n) is 25.2. The first-order valence-corrected chi connectivity index (χ1v) is 15.1. The zero-order valence-corrected chi connectivity index (χ0v) is 25.2. The summed E-state index contributed by atoms with van der Waals surface area (Å²) in [7, 11) is 0. The molecule has 2 unspecified atom stereocenters. The molecule has 0 aliphatic carbocycles. The summed E-state index contributed by atoms with van der Waals surface area (Å²) < 4.78 is 33.0.